The average molecular weight is 446 g/mol. The summed E-state index contributed by atoms with van der Waals surface area (Å²) in [6.45, 7) is 5.27. The SMILES string of the molecule is CCOc1ccccc1N(CC(=O)N1CCN(C=O)CC1)S(=O)(=O)c1ccc(C)cc1. The molecule has 2 aromatic carbocycles. The van der Waals surface area contributed by atoms with Gasteiger partial charge in [-0.15, -0.1) is 0 Å². The monoisotopic (exact) mass is 445 g/mol. The van der Waals surface area contributed by atoms with Gasteiger partial charge >= 0.3 is 0 Å². The lowest BCUT2D eigenvalue weighted by Gasteiger charge is -2.34. The summed E-state index contributed by atoms with van der Waals surface area (Å²) in [5, 5.41) is 0. The number of hydrogen-bond acceptors (Lipinski definition) is 5. The smallest absolute Gasteiger partial charge is 0.264 e. The summed E-state index contributed by atoms with van der Waals surface area (Å²) in [5.74, 6) is 0.0619. The molecule has 8 nitrogen and oxygen atoms in total. The molecule has 0 radical (unpaired) electrons. The van der Waals surface area contributed by atoms with Crippen LogP contribution in [-0.2, 0) is 19.6 Å². The van der Waals surface area contributed by atoms with Crippen molar-refractivity contribution >= 4 is 28.0 Å². The van der Waals surface area contributed by atoms with Crippen LogP contribution >= 0.6 is 0 Å². The average Bonchev–Trinajstić information content (AvgIpc) is 2.78. The van der Waals surface area contributed by atoms with Crippen molar-refractivity contribution in [3.05, 3.63) is 54.1 Å². The number of carbonyl (C=O) groups excluding carboxylic acids is 2. The summed E-state index contributed by atoms with van der Waals surface area (Å²) in [4.78, 5) is 27.3. The third-order valence-corrected chi connectivity index (χ3v) is 6.91. The highest BCUT2D eigenvalue weighted by molar-refractivity contribution is 7.92. The van der Waals surface area contributed by atoms with Gasteiger partial charge in [0, 0.05) is 26.2 Å². The number of nitrogens with zero attached hydrogens (tertiary/aromatic N) is 3. The Bertz CT molecular complexity index is 1020. The molecule has 0 spiro atoms. The van der Waals surface area contributed by atoms with Crippen LogP contribution in [0.2, 0.25) is 0 Å². The van der Waals surface area contributed by atoms with E-state index in [-0.39, 0.29) is 17.3 Å². The number of ether oxygens (including phenoxy) is 1. The maximum atomic E-state index is 13.6. The van der Waals surface area contributed by atoms with Crippen LogP contribution < -0.4 is 9.04 Å². The first-order chi connectivity index (χ1) is 14.9. The van der Waals surface area contributed by atoms with Gasteiger partial charge in [-0.25, -0.2) is 8.42 Å². The minimum atomic E-state index is -4.02. The standard InChI is InChI=1S/C22H27N3O5S/c1-3-30-21-7-5-4-6-20(21)25(31(28,29)19-10-8-18(2)9-11-19)16-22(27)24-14-12-23(17-26)13-15-24/h4-11,17H,3,12-16H2,1-2H3. The summed E-state index contributed by atoms with van der Waals surface area (Å²) in [6, 6.07) is 13.3. The van der Waals surface area contributed by atoms with Gasteiger partial charge in [0.2, 0.25) is 12.3 Å². The molecule has 0 bridgehead atoms. The lowest BCUT2D eigenvalue weighted by Crippen LogP contribution is -2.51. The molecule has 2 aromatic rings. The van der Waals surface area contributed by atoms with Crippen LogP contribution in [-0.4, -0.2) is 69.9 Å². The molecule has 31 heavy (non-hydrogen) atoms. The predicted octanol–water partition coefficient (Wildman–Crippen LogP) is 1.89. The second kappa shape index (κ2) is 9.82. The molecule has 1 fully saturated rings. The van der Waals surface area contributed by atoms with Crippen molar-refractivity contribution in [2.24, 2.45) is 0 Å². The Hall–Kier alpha value is -3.07. The molecule has 166 valence electrons. The first-order valence-electron chi connectivity index (χ1n) is 10.1. The van der Waals surface area contributed by atoms with E-state index in [9.17, 15) is 18.0 Å². The predicted molar refractivity (Wildman–Crippen MR) is 118 cm³/mol. The molecule has 0 unspecified atom stereocenters. The third kappa shape index (κ3) is 5.16. The lowest BCUT2D eigenvalue weighted by atomic mass is 10.2. The Morgan fingerprint density at radius 3 is 2.32 bits per heavy atom. The van der Waals surface area contributed by atoms with E-state index in [2.05, 4.69) is 0 Å². The zero-order valence-corrected chi connectivity index (χ0v) is 18.5. The van der Waals surface area contributed by atoms with Gasteiger partial charge in [0.05, 0.1) is 17.2 Å². The summed E-state index contributed by atoms with van der Waals surface area (Å²) < 4.78 is 33.9. The highest BCUT2D eigenvalue weighted by atomic mass is 32.2. The van der Waals surface area contributed by atoms with E-state index < -0.39 is 10.0 Å². The molecule has 2 amide bonds. The van der Waals surface area contributed by atoms with Crippen molar-refractivity contribution in [3.8, 4) is 5.75 Å². The molecule has 0 N–H and O–H groups in total. The van der Waals surface area contributed by atoms with Gasteiger partial charge in [-0.1, -0.05) is 29.8 Å². The number of para-hydroxylation sites is 2. The normalized spacial score (nSPS) is 14.3. The zero-order valence-electron chi connectivity index (χ0n) is 17.7. The van der Waals surface area contributed by atoms with Crippen LogP contribution in [0.5, 0.6) is 5.75 Å². The Labute approximate surface area is 183 Å². The summed E-state index contributed by atoms with van der Waals surface area (Å²) >= 11 is 0. The number of piperazine rings is 1. The summed E-state index contributed by atoms with van der Waals surface area (Å²) in [7, 11) is -4.02. The van der Waals surface area contributed by atoms with E-state index in [4.69, 9.17) is 4.74 Å². The Morgan fingerprint density at radius 2 is 1.71 bits per heavy atom. The minimum Gasteiger partial charge on any atom is -0.492 e. The number of anilines is 1. The molecule has 0 aliphatic carbocycles. The van der Waals surface area contributed by atoms with Gasteiger partial charge < -0.3 is 14.5 Å². The summed E-state index contributed by atoms with van der Waals surface area (Å²) in [6.07, 6.45) is 0.758. The number of benzene rings is 2. The Morgan fingerprint density at radius 1 is 1.06 bits per heavy atom. The molecular formula is C22H27N3O5S. The summed E-state index contributed by atoms with van der Waals surface area (Å²) in [5.41, 5.74) is 1.24. The van der Waals surface area contributed by atoms with Gasteiger partial charge in [0.1, 0.15) is 12.3 Å². The van der Waals surface area contributed by atoms with Crippen LogP contribution in [0.3, 0.4) is 0 Å². The van der Waals surface area contributed by atoms with Gasteiger partial charge in [-0.2, -0.15) is 0 Å². The third-order valence-electron chi connectivity index (χ3n) is 5.14. The zero-order chi connectivity index (χ0) is 22.4. The maximum Gasteiger partial charge on any atom is 0.264 e. The molecule has 1 saturated heterocycles. The Balaban J connectivity index is 1.96. The van der Waals surface area contributed by atoms with Crippen molar-refractivity contribution in [2.45, 2.75) is 18.7 Å². The molecular weight excluding hydrogens is 418 g/mol. The van der Waals surface area contributed by atoms with Crippen LogP contribution in [0.25, 0.3) is 0 Å². The molecule has 0 atom stereocenters. The highest BCUT2D eigenvalue weighted by Crippen LogP contribution is 2.32. The number of rotatable bonds is 8. The van der Waals surface area contributed by atoms with E-state index >= 15 is 0 Å². The van der Waals surface area contributed by atoms with Crippen LogP contribution in [0.1, 0.15) is 12.5 Å². The van der Waals surface area contributed by atoms with E-state index in [0.29, 0.717) is 44.2 Å². The molecule has 1 heterocycles. The Kier molecular flexibility index (Phi) is 7.17. The fourth-order valence-corrected chi connectivity index (χ4v) is 4.80. The van der Waals surface area contributed by atoms with E-state index in [1.807, 2.05) is 13.8 Å². The van der Waals surface area contributed by atoms with E-state index in [1.54, 1.807) is 46.2 Å². The molecule has 1 aliphatic rings. The van der Waals surface area contributed by atoms with Gasteiger partial charge in [0.25, 0.3) is 10.0 Å². The van der Waals surface area contributed by atoms with Crippen molar-refractivity contribution in [2.75, 3.05) is 43.6 Å². The maximum absolute atomic E-state index is 13.6. The number of hydrogen-bond donors (Lipinski definition) is 0. The van der Waals surface area contributed by atoms with Crippen molar-refractivity contribution < 1.29 is 22.7 Å². The van der Waals surface area contributed by atoms with Crippen LogP contribution in [0.4, 0.5) is 5.69 Å². The second-order valence-electron chi connectivity index (χ2n) is 7.25. The second-order valence-corrected chi connectivity index (χ2v) is 9.11. The first-order valence-corrected chi connectivity index (χ1v) is 11.6. The topological polar surface area (TPSA) is 87.2 Å². The van der Waals surface area contributed by atoms with E-state index in [0.717, 1.165) is 16.3 Å². The largest absolute Gasteiger partial charge is 0.492 e. The number of aryl methyl sites for hydroxylation is 1. The molecule has 3 rings (SSSR count). The van der Waals surface area contributed by atoms with Crippen molar-refractivity contribution in [3.63, 3.8) is 0 Å². The number of carbonyl (C=O) groups is 2. The molecule has 1 aliphatic heterocycles. The fourth-order valence-electron chi connectivity index (χ4n) is 3.38. The fraction of sp³-hybridized carbons (Fsp3) is 0.364. The first kappa shape index (κ1) is 22.6. The van der Waals surface area contributed by atoms with Gasteiger partial charge in [0.15, 0.2) is 0 Å². The molecule has 0 saturated carbocycles. The minimum absolute atomic E-state index is 0.1000. The van der Waals surface area contributed by atoms with Crippen LogP contribution in [0.15, 0.2) is 53.4 Å². The number of sulfonamides is 1. The van der Waals surface area contributed by atoms with E-state index in [1.165, 1.54) is 12.1 Å². The molecule has 0 aromatic heterocycles. The van der Waals surface area contributed by atoms with Gasteiger partial charge in [-0.05, 0) is 38.1 Å². The quantitative estimate of drug-likeness (QED) is 0.579. The van der Waals surface area contributed by atoms with Gasteiger partial charge in [-0.3, -0.25) is 13.9 Å². The van der Waals surface area contributed by atoms with Crippen LogP contribution in [0, 0.1) is 6.92 Å². The van der Waals surface area contributed by atoms with Crippen molar-refractivity contribution in [1.82, 2.24) is 9.80 Å². The highest BCUT2D eigenvalue weighted by Gasteiger charge is 2.31. The van der Waals surface area contributed by atoms with Crippen molar-refractivity contribution in [1.29, 1.82) is 0 Å². The number of amides is 2. The molecule has 9 heteroatoms. The lowest BCUT2D eigenvalue weighted by molar-refractivity contribution is -0.133.